The first-order valence-electron chi connectivity index (χ1n) is 14.7. The van der Waals surface area contributed by atoms with Gasteiger partial charge in [0.1, 0.15) is 0 Å². The van der Waals surface area contributed by atoms with Gasteiger partial charge in [-0.3, -0.25) is 0 Å². The minimum atomic E-state index is -0.0548. The van der Waals surface area contributed by atoms with Crippen LogP contribution >= 0.6 is 0 Å². The zero-order valence-electron chi connectivity index (χ0n) is 24.9. The standard InChI is InChI=1S/C41H37N/c1-5-31(34-27-35(32-16-8-6-9-17-32)29-36(28-34)33-18-10-7-11-19-33)26-30(2)24-25-42-39-22-14-12-20-37(39)41(3,4)38-21-13-15-23-40(38)42/h5-29H,1-4H3/b25-24+,30-26-,31-5+. The van der Waals surface area contributed by atoms with Crippen molar-refractivity contribution in [2.75, 3.05) is 4.90 Å². The molecule has 0 aromatic heterocycles. The van der Waals surface area contributed by atoms with Crippen molar-refractivity contribution in [2.24, 2.45) is 0 Å². The molecule has 0 N–H and O–H groups in total. The number of fused-ring (bicyclic) bond motifs is 2. The molecule has 0 spiro atoms. The highest BCUT2D eigenvalue weighted by atomic mass is 15.1. The molecule has 0 saturated heterocycles. The van der Waals surface area contributed by atoms with E-state index < -0.39 is 0 Å². The number of hydrogen-bond acceptors (Lipinski definition) is 1. The lowest BCUT2D eigenvalue weighted by atomic mass is 9.74. The number of anilines is 2. The predicted octanol–water partition coefficient (Wildman–Crippen LogP) is 11.4. The molecular formula is C41H37N. The molecule has 0 aliphatic carbocycles. The molecule has 0 amide bonds. The maximum Gasteiger partial charge on any atom is 0.0496 e. The van der Waals surface area contributed by atoms with Gasteiger partial charge in [0.25, 0.3) is 0 Å². The Morgan fingerprint density at radius 1 is 0.595 bits per heavy atom. The van der Waals surface area contributed by atoms with E-state index in [1.54, 1.807) is 0 Å². The van der Waals surface area contributed by atoms with Crippen LogP contribution in [0.25, 0.3) is 27.8 Å². The molecule has 6 rings (SSSR count). The summed E-state index contributed by atoms with van der Waals surface area (Å²) >= 11 is 0. The second-order valence-corrected chi connectivity index (χ2v) is 11.5. The van der Waals surface area contributed by atoms with Gasteiger partial charge < -0.3 is 4.90 Å². The minimum absolute atomic E-state index is 0.0548. The van der Waals surface area contributed by atoms with E-state index in [9.17, 15) is 0 Å². The van der Waals surface area contributed by atoms with Crippen molar-refractivity contribution in [3.05, 3.63) is 174 Å². The van der Waals surface area contributed by atoms with E-state index in [4.69, 9.17) is 0 Å². The van der Waals surface area contributed by atoms with Crippen molar-refractivity contribution in [1.29, 1.82) is 0 Å². The molecule has 5 aromatic carbocycles. The summed E-state index contributed by atoms with van der Waals surface area (Å²) in [5.74, 6) is 0. The summed E-state index contributed by atoms with van der Waals surface area (Å²) in [4.78, 5) is 2.34. The van der Waals surface area contributed by atoms with Crippen LogP contribution in [-0.4, -0.2) is 0 Å². The first-order valence-corrected chi connectivity index (χ1v) is 14.7. The Balaban J connectivity index is 1.38. The van der Waals surface area contributed by atoms with Crippen LogP contribution in [0.15, 0.2) is 157 Å². The number of para-hydroxylation sites is 2. The van der Waals surface area contributed by atoms with E-state index in [0.717, 1.165) is 0 Å². The molecule has 0 bridgehead atoms. The smallest absolute Gasteiger partial charge is 0.0496 e. The molecule has 0 atom stereocenters. The maximum absolute atomic E-state index is 2.34. The Bertz CT molecular complexity index is 1700. The topological polar surface area (TPSA) is 3.24 Å². The van der Waals surface area contributed by atoms with Gasteiger partial charge in [0.2, 0.25) is 0 Å². The second-order valence-electron chi connectivity index (χ2n) is 11.5. The lowest BCUT2D eigenvalue weighted by Crippen LogP contribution is -2.30. The largest absolute Gasteiger partial charge is 0.317 e. The lowest BCUT2D eigenvalue weighted by molar-refractivity contribution is 0.631. The Morgan fingerprint density at radius 2 is 1.07 bits per heavy atom. The molecule has 1 heterocycles. The van der Waals surface area contributed by atoms with Crippen LogP contribution in [0.3, 0.4) is 0 Å². The fourth-order valence-electron chi connectivity index (χ4n) is 6.07. The zero-order valence-corrected chi connectivity index (χ0v) is 24.9. The third-order valence-electron chi connectivity index (χ3n) is 8.34. The van der Waals surface area contributed by atoms with Crippen LogP contribution in [-0.2, 0) is 5.41 Å². The Labute approximate surface area is 250 Å². The monoisotopic (exact) mass is 543 g/mol. The van der Waals surface area contributed by atoms with E-state index in [1.165, 1.54) is 61.5 Å². The van der Waals surface area contributed by atoms with Crippen LogP contribution in [0, 0.1) is 0 Å². The Hall–Kier alpha value is -4.88. The third-order valence-corrected chi connectivity index (χ3v) is 8.34. The van der Waals surface area contributed by atoms with Gasteiger partial charge in [-0.15, -0.1) is 0 Å². The van der Waals surface area contributed by atoms with Gasteiger partial charge in [0.05, 0.1) is 0 Å². The number of nitrogens with zero attached hydrogens (tertiary/aromatic N) is 1. The van der Waals surface area contributed by atoms with Gasteiger partial charge in [-0.25, -0.2) is 0 Å². The number of allylic oxidation sites excluding steroid dienone is 5. The Morgan fingerprint density at radius 3 is 1.57 bits per heavy atom. The van der Waals surface area contributed by atoms with Crippen LogP contribution in [0.1, 0.15) is 44.4 Å². The van der Waals surface area contributed by atoms with E-state index in [2.05, 4.69) is 184 Å². The van der Waals surface area contributed by atoms with Crippen molar-refractivity contribution in [1.82, 2.24) is 0 Å². The van der Waals surface area contributed by atoms with Crippen molar-refractivity contribution in [3.8, 4) is 22.3 Å². The highest BCUT2D eigenvalue weighted by molar-refractivity contribution is 5.84. The van der Waals surface area contributed by atoms with Crippen LogP contribution in [0.2, 0.25) is 0 Å². The molecule has 0 unspecified atom stereocenters. The SMILES string of the molecule is C\C=C(/C=C(C)\C=C\N1c2ccccc2C(C)(C)c2ccccc21)c1cc(-c2ccccc2)cc(-c2ccccc2)c1. The third kappa shape index (κ3) is 5.27. The molecule has 1 nitrogen and oxygen atoms in total. The van der Waals surface area contributed by atoms with Gasteiger partial charge in [-0.05, 0) is 100 Å². The first kappa shape index (κ1) is 27.3. The van der Waals surface area contributed by atoms with Gasteiger partial charge >= 0.3 is 0 Å². The average molecular weight is 544 g/mol. The summed E-state index contributed by atoms with van der Waals surface area (Å²) in [6, 6.07) is 45.7. The van der Waals surface area contributed by atoms with Gasteiger partial charge in [-0.1, -0.05) is 123 Å². The molecule has 1 aliphatic rings. The fraction of sp³-hybridized carbons (Fsp3) is 0.122. The first-order chi connectivity index (χ1) is 20.5. The van der Waals surface area contributed by atoms with E-state index in [1.807, 2.05) is 0 Å². The highest BCUT2D eigenvalue weighted by Crippen LogP contribution is 2.48. The summed E-state index contributed by atoms with van der Waals surface area (Å²) in [7, 11) is 0. The maximum atomic E-state index is 2.34. The quantitative estimate of drug-likeness (QED) is 0.193. The Kier molecular flexibility index (Phi) is 7.50. The number of rotatable bonds is 6. The highest BCUT2D eigenvalue weighted by Gasteiger charge is 2.35. The molecule has 1 heteroatoms. The summed E-state index contributed by atoms with van der Waals surface area (Å²) in [5.41, 5.74) is 13.6. The number of hydrogen-bond donors (Lipinski definition) is 0. The predicted molar refractivity (Wildman–Crippen MR) is 181 cm³/mol. The van der Waals surface area contributed by atoms with Crippen molar-refractivity contribution >= 4 is 16.9 Å². The summed E-state index contributed by atoms with van der Waals surface area (Å²) in [5, 5.41) is 0. The summed E-state index contributed by atoms with van der Waals surface area (Å²) < 4.78 is 0. The van der Waals surface area contributed by atoms with Gasteiger partial charge in [0.15, 0.2) is 0 Å². The second kappa shape index (κ2) is 11.5. The number of benzene rings is 5. The van der Waals surface area contributed by atoms with Crippen LogP contribution < -0.4 is 4.90 Å². The molecule has 1 aliphatic heterocycles. The van der Waals surface area contributed by atoms with E-state index in [0.29, 0.717) is 0 Å². The molecule has 5 aromatic rings. The van der Waals surface area contributed by atoms with Crippen LogP contribution in [0.5, 0.6) is 0 Å². The molecule has 0 saturated carbocycles. The molecule has 42 heavy (non-hydrogen) atoms. The lowest BCUT2D eigenvalue weighted by Gasteiger charge is -2.40. The minimum Gasteiger partial charge on any atom is -0.317 e. The normalized spacial score (nSPS) is 14.5. The van der Waals surface area contributed by atoms with E-state index in [-0.39, 0.29) is 5.41 Å². The van der Waals surface area contributed by atoms with Crippen LogP contribution in [0.4, 0.5) is 11.4 Å². The average Bonchev–Trinajstić information content (AvgIpc) is 3.04. The zero-order chi connectivity index (χ0) is 29.1. The molecule has 0 radical (unpaired) electrons. The fourth-order valence-corrected chi connectivity index (χ4v) is 6.07. The van der Waals surface area contributed by atoms with E-state index >= 15 is 0 Å². The molecule has 206 valence electrons. The summed E-state index contributed by atoms with van der Waals surface area (Å²) in [6.45, 7) is 8.95. The van der Waals surface area contributed by atoms with Gasteiger partial charge in [0, 0.05) is 23.0 Å². The summed E-state index contributed by atoms with van der Waals surface area (Å²) in [6.07, 6.45) is 8.96. The van der Waals surface area contributed by atoms with Crippen molar-refractivity contribution in [2.45, 2.75) is 33.1 Å². The van der Waals surface area contributed by atoms with Crippen molar-refractivity contribution in [3.63, 3.8) is 0 Å². The molecule has 0 fully saturated rings. The van der Waals surface area contributed by atoms with Crippen molar-refractivity contribution < 1.29 is 0 Å². The van der Waals surface area contributed by atoms with Gasteiger partial charge in [-0.2, -0.15) is 0 Å². The molecular weight excluding hydrogens is 506 g/mol.